The van der Waals surface area contributed by atoms with E-state index in [1.165, 1.54) is 11.6 Å². The molecule has 4 heteroatoms. The summed E-state index contributed by atoms with van der Waals surface area (Å²) in [5.41, 5.74) is 1.23. The van der Waals surface area contributed by atoms with Crippen molar-refractivity contribution in [2.75, 3.05) is 20.2 Å². The molecule has 0 aliphatic rings. The van der Waals surface area contributed by atoms with Crippen LogP contribution < -0.4 is 0 Å². The Morgan fingerprint density at radius 2 is 2.17 bits per heavy atom. The number of rotatable bonds is 6. The van der Waals surface area contributed by atoms with Crippen molar-refractivity contribution in [3.8, 4) is 0 Å². The van der Waals surface area contributed by atoms with E-state index >= 15 is 0 Å². The molecule has 0 fully saturated rings. The Labute approximate surface area is 117 Å². The second kappa shape index (κ2) is 8.06. The van der Waals surface area contributed by atoms with Crippen molar-refractivity contribution in [2.24, 2.45) is 0 Å². The summed E-state index contributed by atoms with van der Waals surface area (Å²) >= 11 is 3.52. The average Bonchev–Trinajstić information content (AvgIpc) is 2.32. The predicted octanol–water partition coefficient (Wildman–Crippen LogP) is 3.00. The van der Waals surface area contributed by atoms with E-state index in [0.29, 0.717) is 13.2 Å². The number of carbonyl (C=O) groups excluding carboxylic acids is 1. The Morgan fingerprint density at radius 1 is 1.44 bits per heavy atom. The number of halogens is 1. The van der Waals surface area contributed by atoms with Crippen LogP contribution in [0.4, 0.5) is 0 Å². The Morgan fingerprint density at radius 3 is 2.83 bits per heavy atom. The number of esters is 1. The summed E-state index contributed by atoms with van der Waals surface area (Å²) in [5.74, 6) is -0.285. The molecular formula is C14H18BrNO2. The molecule has 0 saturated heterocycles. The van der Waals surface area contributed by atoms with Crippen molar-refractivity contribution in [3.05, 3.63) is 46.5 Å². The van der Waals surface area contributed by atoms with Crippen molar-refractivity contribution in [1.29, 1.82) is 0 Å². The lowest BCUT2D eigenvalue weighted by atomic mass is 10.2. The lowest BCUT2D eigenvalue weighted by molar-refractivity contribution is -0.137. The van der Waals surface area contributed by atoms with Gasteiger partial charge in [0.25, 0.3) is 0 Å². The van der Waals surface area contributed by atoms with Crippen LogP contribution in [0.2, 0.25) is 0 Å². The van der Waals surface area contributed by atoms with Gasteiger partial charge in [-0.2, -0.15) is 0 Å². The summed E-state index contributed by atoms with van der Waals surface area (Å²) in [6, 6.07) is 8.11. The molecule has 0 bridgehead atoms. The highest BCUT2D eigenvalue weighted by Gasteiger charge is 2.02. The topological polar surface area (TPSA) is 29.5 Å². The van der Waals surface area contributed by atoms with Crippen molar-refractivity contribution in [2.45, 2.75) is 13.5 Å². The first kappa shape index (κ1) is 14.9. The molecule has 0 unspecified atom stereocenters. The molecule has 18 heavy (non-hydrogen) atoms. The van der Waals surface area contributed by atoms with E-state index in [4.69, 9.17) is 4.74 Å². The molecule has 0 aromatic heterocycles. The van der Waals surface area contributed by atoms with Crippen LogP contribution in [0.5, 0.6) is 0 Å². The third-order valence-corrected chi connectivity index (χ3v) is 3.13. The van der Waals surface area contributed by atoms with E-state index < -0.39 is 0 Å². The number of hydrogen-bond donors (Lipinski definition) is 0. The summed E-state index contributed by atoms with van der Waals surface area (Å²) in [7, 11) is 2.01. The van der Waals surface area contributed by atoms with Gasteiger partial charge in [0, 0.05) is 23.6 Å². The number of benzene rings is 1. The van der Waals surface area contributed by atoms with Gasteiger partial charge < -0.3 is 4.74 Å². The number of nitrogens with zero attached hydrogens (tertiary/aromatic N) is 1. The maximum absolute atomic E-state index is 11.1. The standard InChI is InChI=1S/C14H18BrNO2/c1-3-18-14(17)9-6-10-16(2)11-12-7-4-5-8-13(12)15/h4-9H,3,10-11H2,1-2H3/b9-6+. The summed E-state index contributed by atoms with van der Waals surface area (Å²) in [5, 5.41) is 0. The maximum atomic E-state index is 11.1. The lowest BCUT2D eigenvalue weighted by Crippen LogP contribution is -2.18. The van der Waals surface area contributed by atoms with Gasteiger partial charge in [-0.25, -0.2) is 4.79 Å². The fourth-order valence-electron chi connectivity index (χ4n) is 1.50. The maximum Gasteiger partial charge on any atom is 0.330 e. The quantitative estimate of drug-likeness (QED) is 0.597. The van der Waals surface area contributed by atoms with Crippen molar-refractivity contribution in [1.82, 2.24) is 4.90 Å². The van der Waals surface area contributed by atoms with Crippen LogP contribution in [0.15, 0.2) is 40.9 Å². The Balaban J connectivity index is 2.40. The summed E-state index contributed by atoms with van der Waals surface area (Å²) in [6.07, 6.45) is 3.29. The zero-order valence-corrected chi connectivity index (χ0v) is 12.3. The normalized spacial score (nSPS) is 11.1. The predicted molar refractivity (Wildman–Crippen MR) is 76.2 cm³/mol. The molecule has 1 aromatic rings. The van der Waals surface area contributed by atoms with Crippen LogP contribution >= 0.6 is 15.9 Å². The molecule has 0 aliphatic carbocycles. The summed E-state index contributed by atoms with van der Waals surface area (Å²) < 4.78 is 5.91. The van der Waals surface area contributed by atoms with E-state index in [9.17, 15) is 4.79 Å². The SMILES string of the molecule is CCOC(=O)/C=C/CN(C)Cc1ccccc1Br. The van der Waals surface area contributed by atoms with Crippen LogP contribution in [0.1, 0.15) is 12.5 Å². The van der Waals surface area contributed by atoms with Gasteiger partial charge in [0.15, 0.2) is 0 Å². The Hall–Kier alpha value is -1.13. The van der Waals surface area contributed by atoms with E-state index in [1.807, 2.05) is 31.3 Å². The van der Waals surface area contributed by atoms with Crippen molar-refractivity contribution in [3.63, 3.8) is 0 Å². The summed E-state index contributed by atoms with van der Waals surface area (Å²) in [6.45, 7) is 3.75. The van der Waals surface area contributed by atoms with Gasteiger partial charge in [-0.1, -0.05) is 40.2 Å². The minimum Gasteiger partial charge on any atom is -0.463 e. The highest BCUT2D eigenvalue weighted by molar-refractivity contribution is 9.10. The second-order valence-electron chi connectivity index (χ2n) is 3.94. The zero-order chi connectivity index (χ0) is 13.4. The number of hydrogen-bond acceptors (Lipinski definition) is 3. The molecule has 98 valence electrons. The number of carbonyl (C=O) groups is 1. The first-order valence-corrected chi connectivity index (χ1v) is 6.68. The third kappa shape index (κ3) is 5.47. The molecule has 0 saturated carbocycles. The molecule has 0 amide bonds. The molecule has 0 N–H and O–H groups in total. The Kier molecular flexibility index (Phi) is 6.68. The van der Waals surface area contributed by atoms with Gasteiger partial charge in [0.2, 0.25) is 0 Å². The first-order valence-electron chi connectivity index (χ1n) is 5.88. The third-order valence-electron chi connectivity index (χ3n) is 2.36. The smallest absolute Gasteiger partial charge is 0.330 e. The lowest BCUT2D eigenvalue weighted by Gasteiger charge is -2.15. The number of likely N-dealkylation sites (N-methyl/N-ethyl adjacent to an activating group) is 1. The molecule has 0 spiro atoms. The van der Waals surface area contributed by atoms with Gasteiger partial charge in [-0.05, 0) is 25.6 Å². The molecule has 3 nitrogen and oxygen atoms in total. The van der Waals surface area contributed by atoms with Crippen LogP contribution in [-0.4, -0.2) is 31.1 Å². The highest BCUT2D eigenvalue weighted by atomic mass is 79.9. The molecule has 0 atom stereocenters. The fraction of sp³-hybridized carbons (Fsp3) is 0.357. The minimum absolute atomic E-state index is 0.285. The van der Waals surface area contributed by atoms with Crippen LogP contribution in [0.25, 0.3) is 0 Å². The number of ether oxygens (including phenoxy) is 1. The van der Waals surface area contributed by atoms with Crippen molar-refractivity contribution >= 4 is 21.9 Å². The zero-order valence-electron chi connectivity index (χ0n) is 10.7. The van der Waals surface area contributed by atoms with Gasteiger partial charge in [0.05, 0.1) is 6.61 Å². The molecule has 1 aromatic carbocycles. The molecule has 0 radical (unpaired) electrons. The second-order valence-corrected chi connectivity index (χ2v) is 4.80. The Bertz CT molecular complexity index is 418. The molecular weight excluding hydrogens is 294 g/mol. The van der Waals surface area contributed by atoms with Crippen molar-refractivity contribution < 1.29 is 9.53 Å². The van der Waals surface area contributed by atoms with Crippen LogP contribution in [0, 0.1) is 0 Å². The first-order chi connectivity index (χ1) is 8.63. The van der Waals surface area contributed by atoms with Crippen LogP contribution in [0.3, 0.4) is 0 Å². The van der Waals surface area contributed by atoms with E-state index in [0.717, 1.165) is 11.0 Å². The molecule has 0 heterocycles. The highest BCUT2D eigenvalue weighted by Crippen LogP contribution is 2.17. The minimum atomic E-state index is -0.285. The van der Waals surface area contributed by atoms with Gasteiger partial charge in [-0.15, -0.1) is 0 Å². The fourth-order valence-corrected chi connectivity index (χ4v) is 1.91. The summed E-state index contributed by atoms with van der Waals surface area (Å²) in [4.78, 5) is 13.2. The van der Waals surface area contributed by atoms with E-state index in [2.05, 4.69) is 26.9 Å². The monoisotopic (exact) mass is 311 g/mol. The van der Waals surface area contributed by atoms with Gasteiger partial charge in [0.1, 0.15) is 0 Å². The van der Waals surface area contributed by atoms with E-state index in [1.54, 1.807) is 6.92 Å². The molecule has 1 rings (SSSR count). The van der Waals surface area contributed by atoms with E-state index in [-0.39, 0.29) is 5.97 Å². The molecule has 0 aliphatic heterocycles. The largest absolute Gasteiger partial charge is 0.463 e. The van der Waals surface area contributed by atoms with Gasteiger partial charge >= 0.3 is 5.97 Å². The van der Waals surface area contributed by atoms with Crippen LogP contribution in [-0.2, 0) is 16.1 Å². The average molecular weight is 312 g/mol. The van der Waals surface area contributed by atoms with Gasteiger partial charge in [-0.3, -0.25) is 4.90 Å².